The summed E-state index contributed by atoms with van der Waals surface area (Å²) in [6.45, 7) is 10.3. The zero-order chi connectivity index (χ0) is 23.3. The minimum Gasteiger partial charge on any atom is -0.504 e. The van der Waals surface area contributed by atoms with Gasteiger partial charge < -0.3 is 19.9 Å². The predicted molar refractivity (Wildman–Crippen MR) is 136 cm³/mol. The highest BCUT2D eigenvalue weighted by Gasteiger charge is 2.33. The number of methoxy groups -OCH3 is 1. The Labute approximate surface area is 194 Å². The van der Waals surface area contributed by atoms with E-state index in [1.54, 1.807) is 19.2 Å². The number of anilines is 1. The van der Waals surface area contributed by atoms with Crippen LogP contribution in [0.4, 0.5) is 5.69 Å². The van der Waals surface area contributed by atoms with Gasteiger partial charge >= 0.3 is 0 Å². The summed E-state index contributed by atoms with van der Waals surface area (Å²) in [5, 5.41) is 14.1. The van der Waals surface area contributed by atoms with Crippen LogP contribution in [-0.4, -0.2) is 17.8 Å². The third kappa shape index (κ3) is 3.48. The molecule has 0 saturated heterocycles. The first-order valence-electron chi connectivity index (χ1n) is 11.0. The van der Waals surface area contributed by atoms with Crippen LogP contribution >= 0.6 is 0 Å². The SMILES string of the molecule is C=Cc1ccc(/C=C2\Oc3ccc(O)c(OC)c3-c3ccc4c(c32)C(C)=CC(C)(C)N4)cc1. The molecule has 0 fully saturated rings. The number of aromatic hydroxyl groups is 1. The second kappa shape index (κ2) is 7.59. The van der Waals surface area contributed by atoms with Gasteiger partial charge in [-0.1, -0.05) is 49.1 Å². The van der Waals surface area contributed by atoms with Crippen LogP contribution in [0.3, 0.4) is 0 Å². The van der Waals surface area contributed by atoms with E-state index in [0.717, 1.165) is 44.8 Å². The van der Waals surface area contributed by atoms with Gasteiger partial charge in [0.2, 0.25) is 0 Å². The van der Waals surface area contributed by atoms with Crippen molar-refractivity contribution in [1.29, 1.82) is 0 Å². The molecule has 0 spiro atoms. The van der Waals surface area contributed by atoms with Crippen molar-refractivity contribution < 1.29 is 14.6 Å². The van der Waals surface area contributed by atoms with Crippen LogP contribution in [0.15, 0.2) is 61.2 Å². The summed E-state index contributed by atoms with van der Waals surface area (Å²) in [7, 11) is 1.56. The van der Waals surface area contributed by atoms with Gasteiger partial charge in [0.25, 0.3) is 0 Å². The predicted octanol–water partition coefficient (Wildman–Crippen LogP) is 7.21. The smallest absolute Gasteiger partial charge is 0.172 e. The molecule has 0 bridgehead atoms. The first-order chi connectivity index (χ1) is 15.8. The molecule has 0 aliphatic carbocycles. The standard InChI is InChI=1S/C29H27NO3/c1-6-18-7-9-19(10-8-18)15-24-26-20(27-23(33-24)14-13-22(31)28(27)32-5)11-12-21-25(26)17(2)16-29(3,4)30-21/h6-16,30-31H,1H2,2-5H3/b24-15-. The third-order valence-corrected chi connectivity index (χ3v) is 6.14. The molecule has 0 radical (unpaired) electrons. The molecule has 2 heterocycles. The molecule has 3 aromatic rings. The van der Waals surface area contributed by atoms with Crippen molar-refractivity contribution in [1.82, 2.24) is 0 Å². The van der Waals surface area contributed by atoms with Crippen molar-refractivity contribution in [3.63, 3.8) is 0 Å². The maximum absolute atomic E-state index is 10.5. The van der Waals surface area contributed by atoms with Crippen molar-refractivity contribution in [3.8, 4) is 28.4 Å². The molecule has 0 amide bonds. The Hall–Kier alpha value is -3.92. The van der Waals surface area contributed by atoms with Crippen LogP contribution in [0.5, 0.6) is 17.2 Å². The molecule has 166 valence electrons. The van der Waals surface area contributed by atoms with Crippen LogP contribution in [0.2, 0.25) is 0 Å². The summed E-state index contributed by atoms with van der Waals surface area (Å²) in [4.78, 5) is 0. The lowest BCUT2D eigenvalue weighted by Gasteiger charge is -2.35. The zero-order valence-electron chi connectivity index (χ0n) is 19.3. The van der Waals surface area contributed by atoms with Crippen LogP contribution < -0.4 is 14.8 Å². The van der Waals surface area contributed by atoms with Crippen LogP contribution in [0, 0.1) is 0 Å². The highest BCUT2D eigenvalue weighted by atomic mass is 16.5. The lowest BCUT2D eigenvalue weighted by atomic mass is 9.83. The quantitative estimate of drug-likeness (QED) is 0.455. The number of phenols is 1. The molecule has 33 heavy (non-hydrogen) atoms. The zero-order valence-corrected chi connectivity index (χ0v) is 19.3. The minimum absolute atomic E-state index is 0.0856. The average Bonchev–Trinajstić information content (AvgIpc) is 2.78. The summed E-state index contributed by atoms with van der Waals surface area (Å²) in [5.41, 5.74) is 7.96. The first kappa shape index (κ1) is 21.0. The molecule has 2 aliphatic heterocycles. The lowest BCUT2D eigenvalue weighted by Crippen LogP contribution is -2.32. The van der Waals surface area contributed by atoms with E-state index in [1.165, 1.54) is 5.57 Å². The van der Waals surface area contributed by atoms with Gasteiger partial charge in [0.1, 0.15) is 11.5 Å². The van der Waals surface area contributed by atoms with Crippen molar-refractivity contribution >= 4 is 29.2 Å². The number of fused-ring (bicyclic) bond motifs is 5. The third-order valence-electron chi connectivity index (χ3n) is 6.14. The molecule has 5 rings (SSSR count). The highest BCUT2D eigenvalue weighted by molar-refractivity contribution is 6.02. The summed E-state index contributed by atoms with van der Waals surface area (Å²) >= 11 is 0. The van der Waals surface area contributed by atoms with E-state index in [4.69, 9.17) is 9.47 Å². The Balaban J connectivity index is 1.80. The highest BCUT2D eigenvalue weighted by Crippen LogP contribution is 2.54. The van der Waals surface area contributed by atoms with Gasteiger partial charge in [-0.15, -0.1) is 0 Å². The van der Waals surface area contributed by atoms with E-state index < -0.39 is 0 Å². The number of rotatable bonds is 3. The monoisotopic (exact) mass is 437 g/mol. The van der Waals surface area contributed by atoms with Crippen LogP contribution in [-0.2, 0) is 0 Å². The molecule has 0 saturated carbocycles. The maximum Gasteiger partial charge on any atom is 0.172 e. The van der Waals surface area contributed by atoms with Gasteiger partial charge in [0, 0.05) is 22.4 Å². The molecule has 2 aliphatic rings. The van der Waals surface area contributed by atoms with Crippen LogP contribution in [0.1, 0.15) is 43.0 Å². The van der Waals surface area contributed by atoms with E-state index in [1.807, 2.05) is 18.2 Å². The Morgan fingerprint density at radius 1 is 0.970 bits per heavy atom. The lowest BCUT2D eigenvalue weighted by molar-refractivity contribution is 0.371. The number of phenolic OH excluding ortho intramolecular Hbond substituents is 1. The Kier molecular flexibility index (Phi) is 4.82. The summed E-state index contributed by atoms with van der Waals surface area (Å²) < 4.78 is 12.1. The van der Waals surface area contributed by atoms with Gasteiger partial charge in [-0.05, 0) is 61.7 Å². The van der Waals surface area contributed by atoms with E-state index in [9.17, 15) is 5.11 Å². The molecule has 2 N–H and O–H groups in total. The largest absolute Gasteiger partial charge is 0.504 e. The molecule has 4 heteroatoms. The summed E-state index contributed by atoms with van der Waals surface area (Å²) in [6.07, 6.45) is 6.12. The maximum atomic E-state index is 10.5. The van der Waals surface area contributed by atoms with E-state index in [2.05, 4.69) is 69.1 Å². The summed E-state index contributed by atoms with van der Waals surface area (Å²) in [6, 6.07) is 15.7. The fourth-order valence-electron chi connectivity index (χ4n) is 4.83. The Bertz CT molecular complexity index is 1340. The molecular weight excluding hydrogens is 410 g/mol. The summed E-state index contributed by atoms with van der Waals surface area (Å²) in [5.74, 6) is 1.90. The van der Waals surface area contributed by atoms with Gasteiger partial charge in [-0.2, -0.15) is 0 Å². The number of hydrogen-bond acceptors (Lipinski definition) is 4. The topological polar surface area (TPSA) is 50.7 Å². The van der Waals surface area contributed by atoms with Gasteiger partial charge in [0.05, 0.1) is 18.2 Å². The van der Waals surface area contributed by atoms with E-state index >= 15 is 0 Å². The molecule has 0 unspecified atom stereocenters. The second-order valence-corrected chi connectivity index (χ2v) is 9.06. The molecular formula is C29H27NO3. The minimum atomic E-state index is -0.154. The van der Waals surface area contributed by atoms with Gasteiger partial charge in [0.15, 0.2) is 11.5 Å². The van der Waals surface area contributed by atoms with Crippen molar-refractivity contribution in [2.75, 3.05) is 12.4 Å². The number of ether oxygens (including phenoxy) is 2. The fraction of sp³-hybridized carbons (Fsp3) is 0.172. The Morgan fingerprint density at radius 2 is 1.70 bits per heavy atom. The van der Waals surface area contributed by atoms with Crippen molar-refractivity contribution in [2.45, 2.75) is 26.3 Å². The first-order valence-corrected chi connectivity index (χ1v) is 11.0. The van der Waals surface area contributed by atoms with Crippen molar-refractivity contribution in [3.05, 3.63) is 83.4 Å². The van der Waals surface area contributed by atoms with Gasteiger partial charge in [-0.25, -0.2) is 0 Å². The number of hydrogen-bond donors (Lipinski definition) is 2. The fourth-order valence-corrected chi connectivity index (χ4v) is 4.83. The number of benzene rings is 3. The normalized spacial score (nSPS) is 16.5. The van der Waals surface area contributed by atoms with E-state index in [0.29, 0.717) is 11.5 Å². The number of allylic oxidation sites excluding steroid dienone is 1. The van der Waals surface area contributed by atoms with Crippen LogP contribution in [0.25, 0.3) is 34.6 Å². The number of nitrogens with one attached hydrogen (secondary N) is 1. The van der Waals surface area contributed by atoms with Gasteiger partial charge in [-0.3, -0.25) is 0 Å². The molecule has 4 nitrogen and oxygen atoms in total. The van der Waals surface area contributed by atoms with Crippen molar-refractivity contribution in [2.24, 2.45) is 0 Å². The van der Waals surface area contributed by atoms with E-state index in [-0.39, 0.29) is 11.3 Å². The Morgan fingerprint density at radius 3 is 2.39 bits per heavy atom. The molecule has 0 atom stereocenters. The average molecular weight is 438 g/mol. The second-order valence-electron chi connectivity index (χ2n) is 9.06. The molecule has 3 aromatic carbocycles. The molecule has 0 aromatic heterocycles.